The van der Waals surface area contributed by atoms with E-state index in [1.165, 1.54) is 6.07 Å². The third-order valence-electron chi connectivity index (χ3n) is 5.50. The number of aromatic hydroxyl groups is 1. The molecule has 0 saturated carbocycles. The molecular formula is C21H21ClF2O5. The second-order valence-corrected chi connectivity index (χ2v) is 7.85. The minimum Gasteiger partial charge on any atom is -0.508 e. The van der Waals surface area contributed by atoms with Crippen molar-refractivity contribution in [2.75, 3.05) is 13.2 Å². The van der Waals surface area contributed by atoms with Gasteiger partial charge in [-0.25, -0.2) is 8.78 Å². The first-order valence-corrected chi connectivity index (χ1v) is 9.75. The van der Waals surface area contributed by atoms with E-state index in [9.17, 15) is 24.1 Å². The maximum Gasteiger partial charge on any atom is 0.301 e. The van der Waals surface area contributed by atoms with Crippen molar-refractivity contribution in [3.05, 3.63) is 57.6 Å². The molecule has 0 radical (unpaired) electrons. The van der Waals surface area contributed by atoms with E-state index in [1.54, 1.807) is 6.07 Å². The summed E-state index contributed by atoms with van der Waals surface area (Å²) in [6.45, 7) is -0.294. The number of fused-ring (bicyclic) bond motifs is 1. The van der Waals surface area contributed by atoms with Gasteiger partial charge in [-0.15, -0.1) is 0 Å². The lowest BCUT2D eigenvalue weighted by atomic mass is 9.91. The number of halogens is 3. The fraction of sp³-hybridized carbons (Fsp3) is 0.429. The summed E-state index contributed by atoms with van der Waals surface area (Å²) in [6.07, 6.45) is -3.95. The maximum absolute atomic E-state index is 14.0. The number of ether oxygens (including phenoxy) is 2. The minimum atomic E-state index is -3.57. The third kappa shape index (κ3) is 3.80. The number of hydrogen-bond donors (Lipinski definition) is 3. The molecule has 3 N–H and O–H groups in total. The van der Waals surface area contributed by atoms with Crippen LogP contribution in [0.25, 0.3) is 0 Å². The number of aliphatic hydroxyl groups is 2. The van der Waals surface area contributed by atoms with Gasteiger partial charge in [0.2, 0.25) is 0 Å². The molecule has 2 aromatic carbocycles. The van der Waals surface area contributed by atoms with E-state index in [0.29, 0.717) is 23.6 Å². The molecule has 156 valence electrons. The normalized spacial score (nSPS) is 25.5. The molecule has 2 aromatic rings. The van der Waals surface area contributed by atoms with Crippen LogP contribution in [0.3, 0.4) is 0 Å². The lowest BCUT2D eigenvalue weighted by Crippen LogP contribution is -2.53. The molecule has 4 rings (SSSR count). The summed E-state index contributed by atoms with van der Waals surface area (Å²) in [5.74, 6) is -2.94. The molecule has 5 nitrogen and oxygen atoms in total. The second kappa shape index (κ2) is 7.72. The Balaban J connectivity index is 1.62. The molecule has 0 bridgehead atoms. The van der Waals surface area contributed by atoms with Gasteiger partial charge in [0.25, 0.3) is 0 Å². The number of aliphatic hydroxyl groups excluding tert-OH is 2. The summed E-state index contributed by atoms with van der Waals surface area (Å²) < 4.78 is 38.8. The Hall–Kier alpha value is -1.93. The molecule has 0 spiro atoms. The van der Waals surface area contributed by atoms with Crippen LogP contribution in [0.2, 0.25) is 5.02 Å². The van der Waals surface area contributed by atoms with Crippen LogP contribution in [0.1, 0.15) is 34.8 Å². The number of benzene rings is 2. The molecule has 3 unspecified atom stereocenters. The maximum atomic E-state index is 14.0. The predicted molar refractivity (Wildman–Crippen MR) is 102 cm³/mol. The van der Waals surface area contributed by atoms with Gasteiger partial charge in [-0.1, -0.05) is 23.7 Å². The summed E-state index contributed by atoms with van der Waals surface area (Å²) in [4.78, 5) is 0. The first-order valence-electron chi connectivity index (χ1n) is 9.37. The molecule has 3 atom stereocenters. The first kappa shape index (κ1) is 20.3. The largest absolute Gasteiger partial charge is 0.508 e. The minimum absolute atomic E-state index is 0.213. The number of hydrogen-bond acceptors (Lipinski definition) is 5. The first-order chi connectivity index (χ1) is 13.8. The molecule has 2 aliphatic heterocycles. The summed E-state index contributed by atoms with van der Waals surface area (Å²) in [7, 11) is 0. The van der Waals surface area contributed by atoms with Crippen molar-refractivity contribution in [2.24, 2.45) is 0 Å². The number of rotatable bonds is 4. The Bertz CT molecular complexity index is 920. The summed E-state index contributed by atoms with van der Waals surface area (Å²) in [5, 5.41) is 29.7. The van der Waals surface area contributed by atoms with Crippen LogP contribution in [0.15, 0.2) is 30.3 Å². The van der Waals surface area contributed by atoms with E-state index in [2.05, 4.69) is 0 Å². The highest BCUT2D eigenvalue weighted by atomic mass is 35.5. The van der Waals surface area contributed by atoms with Gasteiger partial charge in [0, 0.05) is 23.4 Å². The molecule has 1 saturated heterocycles. The second-order valence-electron chi connectivity index (χ2n) is 7.44. The molecule has 2 heterocycles. The van der Waals surface area contributed by atoms with E-state index in [0.717, 1.165) is 23.3 Å². The highest BCUT2D eigenvalue weighted by Crippen LogP contribution is 2.44. The molecule has 2 aliphatic rings. The fourth-order valence-electron chi connectivity index (χ4n) is 3.84. The van der Waals surface area contributed by atoms with Crippen molar-refractivity contribution in [3.63, 3.8) is 0 Å². The molecule has 1 fully saturated rings. The van der Waals surface area contributed by atoms with Crippen molar-refractivity contribution < 1.29 is 33.6 Å². The number of phenols is 1. The van der Waals surface area contributed by atoms with Gasteiger partial charge in [0.05, 0.1) is 19.3 Å². The zero-order valence-electron chi connectivity index (χ0n) is 15.4. The molecule has 0 aliphatic carbocycles. The zero-order chi connectivity index (χ0) is 20.8. The van der Waals surface area contributed by atoms with Crippen LogP contribution < -0.4 is 4.74 Å². The summed E-state index contributed by atoms with van der Waals surface area (Å²) in [6, 6.07) is 8.85. The Morgan fingerprint density at radius 1 is 1.21 bits per heavy atom. The van der Waals surface area contributed by atoms with E-state index in [4.69, 9.17) is 21.1 Å². The Labute approximate surface area is 171 Å². The van der Waals surface area contributed by atoms with Gasteiger partial charge in [-0.3, -0.25) is 0 Å². The smallest absolute Gasteiger partial charge is 0.301 e. The monoisotopic (exact) mass is 426 g/mol. The van der Waals surface area contributed by atoms with Gasteiger partial charge in [0.1, 0.15) is 23.7 Å². The van der Waals surface area contributed by atoms with E-state index in [1.807, 2.05) is 18.2 Å². The SMILES string of the molecule is OCC1OC(c2cc(Cc3ccc4c(c3)OCC4)c(Cl)cc2O)CC(O)C1(F)F. The van der Waals surface area contributed by atoms with Gasteiger partial charge in [-0.2, -0.15) is 0 Å². The topological polar surface area (TPSA) is 79.2 Å². The molecule has 0 aromatic heterocycles. The summed E-state index contributed by atoms with van der Waals surface area (Å²) >= 11 is 6.30. The number of alkyl halides is 2. The Morgan fingerprint density at radius 2 is 2.00 bits per heavy atom. The van der Waals surface area contributed by atoms with Gasteiger partial charge in [-0.05, 0) is 41.3 Å². The van der Waals surface area contributed by atoms with Crippen molar-refractivity contribution >= 4 is 11.6 Å². The summed E-state index contributed by atoms with van der Waals surface area (Å²) in [5.41, 5.74) is 3.02. The third-order valence-corrected chi connectivity index (χ3v) is 5.85. The standard InChI is InChI=1S/C21H21ClF2O5/c22-15-8-16(26)14(18-9-19(27)21(23,24)20(10-25)29-18)7-13(15)5-11-1-2-12-3-4-28-17(12)6-11/h1-2,6-8,18-20,25-27H,3-5,9-10H2. The van der Waals surface area contributed by atoms with Gasteiger partial charge in [0.15, 0.2) is 0 Å². The quantitative estimate of drug-likeness (QED) is 0.698. The van der Waals surface area contributed by atoms with E-state index >= 15 is 0 Å². The van der Waals surface area contributed by atoms with Crippen LogP contribution in [0, 0.1) is 0 Å². The lowest BCUT2D eigenvalue weighted by molar-refractivity contribution is -0.259. The Kier molecular flexibility index (Phi) is 5.42. The average molecular weight is 427 g/mol. The van der Waals surface area contributed by atoms with Crippen molar-refractivity contribution in [2.45, 2.75) is 43.5 Å². The van der Waals surface area contributed by atoms with Crippen molar-refractivity contribution in [1.29, 1.82) is 0 Å². The fourth-order valence-corrected chi connectivity index (χ4v) is 4.07. The molecular weight excluding hydrogens is 406 g/mol. The van der Waals surface area contributed by atoms with Crippen molar-refractivity contribution in [1.82, 2.24) is 0 Å². The lowest BCUT2D eigenvalue weighted by Gasteiger charge is -2.39. The average Bonchev–Trinajstić information content (AvgIpc) is 3.14. The highest BCUT2D eigenvalue weighted by molar-refractivity contribution is 6.31. The van der Waals surface area contributed by atoms with Crippen LogP contribution in [-0.4, -0.2) is 46.7 Å². The van der Waals surface area contributed by atoms with Crippen LogP contribution in [-0.2, 0) is 17.6 Å². The van der Waals surface area contributed by atoms with Gasteiger partial charge >= 0.3 is 5.92 Å². The predicted octanol–water partition coefficient (Wildman–Crippen LogP) is 3.39. The molecule has 29 heavy (non-hydrogen) atoms. The van der Waals surface area contributed by atoms with Crippen LogP contribution >= 0.6 is 11.6 Å². The van der Waals surface area contributed by atoms with Crippen LogP contribution in [0.5, 0.6) is 11.5 Å². The van der Waals surface area contributed by atoms with Crippen molar-refractivity contribution in [3.8, 4) is 11.5 Å². The number of phenolic OH excluding ortho intramolecular Hbond substituents is 1. The van der Waals surface area contributed by atoms with E-state index in [-0.39, 0.29) is 11.3 Å². The molecule has 8 heteroatoms. The molecule has 0 amide bonds. The van der Waals surface area contributed by atoms with Crippen LogP contribution in [0.4, 0.5) is 8.78 Å². The Morgan fingerprint density at radius 3 is 2.76 bits per heavy atom. The zero-order valence-corrected chi connectivity index (χ0v) is 16.2. The highest BCUT2D eigenvalue weighted by Gasteiger charge is 2.53. The van der Waals surface area contributed by atoms with E-state index < -0.39 is 37.3 Å². The van der Waals surface area contributed by atoms with Gasteiger partial charge < -0.3 is 24.8 Å².